The number of nitrogens with one attached hydrogen (secondary N) is 1. The van der Waals surface area contributed by atoms with Crippen molar-refractivity contribution in [2.45, 2.75) is 13.0 Å². The zero-order valence-corrected chi connectivity index (χ0v) is 12.7. The van der Waals surface area contributed by atoms with Gasteiger partial charge >= 0.3 is 0 Å². The van der Waals surface area contributed by atoms with Crippen LogP contribution in [0.25, 0.3) is 11.3 Å². The summed E-state index contributed by atoms with van der Waals surface area (Å²) in [6.45, 7) is 1.68. The summed E-state index contributed by atoms with van der Waals surface area (Å²) in [4.78, 5) is 12.1. The van der Waals surface area contributed by atoms with Gasteiger partial charge in [0.2, 0.25) is 5.88 Å². The molecule has 22 heavy (non-hydrogen) atoms. The Hall–Kier alpha value is -2.60. The molecule has 1 amide bonds. The van der Waals surface area contributed by atoms with E-state index in [0.29, 0.717) is 17.3 Å². The number of carbonyl (C=O) groups excluding carboxylic acids is 1. The minimum absolute atomic E-state index is 0.295. The first kappa shape index (κ1) is 14.3. The number of para-hydroxylation sites is 1. The number of rotatable bonds is 5. The van der Waals surface area contributed by atoms with E-state index in [1.807, 2.05) is 35.0 Å². The van der Waals surface area contributed by atoms with Crippen LogP contribution in [0, 0.1) is 0 Å². The van der Waals surface area contributed by atoms with Crippen molar-refractivity contribution in [3.05, 3.63) is 53.2 Å². The zero-order chi connectivity index (χ0) is 15.4. The summed E-state index contributed by atoms with van der Waals surface area (Å²) < 4.78 is 10.7. The van der Waals surface area contributed by atoms with Crippen molar-refractivity contribution in [1.82, 2.24) is 5.16 Å². The molecule has 5 nitrogen and oxygen atoms in total. The van der Waals surface area contributed by atoms with Crippen LogP contribution in [0.3, 0.4) is 0 Å². The van der Waals surface area contributed by atoms with E-state index in [2.05, 4.69) is 10.5 Å². The van der Waals surface area contributed by atoms with Crippen molar-refractivity contribution in [2.24, 2.45) is 0 Å². The smallest absolute Gasteiger partial charge is 0.267 e. The van der Waals surface area contributed by atoms with Gasteiger partial charge in [0.25, 0.3) is 5.91 Å². The normalized spacial score (nSPS) is 11.9. The number of benzene rings is 1. The largest absolute Gasteiger partial charge is 0.481 e. The van der Waals surface area contributed by atoms with Crippen LogP contribution in [0.4, 0.5) is 5.88 Å². The van der Waals surface area contributed by atoms with Crippen molar-refractivity contribution in [3.63, 3.8) is 0 Å². The molecule has 1 N–H and O–H groups in total. The highest BCUT2D eigenvalue weighted by Gasteiger charge is 2.17. The average Bonchev–Trinajstić information content (AvgIpc) is 3.19. The molecule has 0 bridgehead atoms. The summed E-state index contributed by atoms with van der Waals surface area (Å²) in [6, 6.07) is 12.8. The molecule has 0 saturated carbocycles. The van der Waals surface area contributed by atoms with Gasteiger partial charge in [-0.1, -0.05) is 23.4 Å². The van der Waals surface area contributed by atoms with Gasteiger partial charge in [0, 0.05) is 17.0 Å². The van der Waals surface area contributed by atoms with E-state index in [-0.39, 0.29) is 5.91 Å². The molecule has 0 spiro atoms. The molecule has 0 fully saturated rings. The number of amides is 1. The van der Waals surface area contributed by atoms with E-state index in [1.54, 1.807) is 36.5 Å². The third kappa shape index (κ3) is 3.35. The number of ether oxygens (including phenoxy) is 1. The summed E-state index contributed by atoms with van der Waals surface area (Å²) in [5.74, 6) is 0.647. The highest BCUT2D eigenvalue weighted by atomic mass is 32.1. The number of anilines is 1. The number of nitrogens with zero attached hydrogens (tertiary/aromatic N) is 1. The Balaban J connectivity index is 1.62. The molecule has 0 saturated heterocycles. The van der Waals surface area contributed by atoms with Crippen LogP contribution < -0.4 is 10.1 Å². The predicted octanol–water partition coefficient (Wildman–Crippen LogP) is 3.81. The first-order valence-electron chi connectivity index (χ1n) is 6.74. The Kier molecular flexibility index (Phi) is 4.20. The summed E-state index contributed by atoms with van der Waals surface area (Å²) in [7, 11) is 0. The van der Waals surface area contributed by atoms with Crippen LogP contribution in [0.15, 0.2) is 57.7 Å². The molecule has 1 aromatic carbocycles. The van der Waals surface area contributed by atoms with Gasteiger partial charge in [-0.15, -0.1) is 0 Å². The Labute approximate surface area is 131 Å². The van der Waals surface area contributed by atoms with Gasteiger partial charge in [-0.25, -0.2) is 0 Å². The van der Waals surface area contributed by atoms with E-state index >= 15 is 0 Å². The van der Waals surface area contributed by atoms with E-state index in [0.717, 1.165) is 5.56 Å². The summed E-state index contributed by atoms with van der Waals surface area (Å²) in [5, 5.41) is 10.5. The van der Waals surface area contributed by atoms with Gasteiger partial charge in [0.15, 0.2) is 6.10 Å². The van der Waals surface area contributed by atoms with Crippen LogP contribution in [0.1, 0.15) is 6.92 Å². The van der Waals surface area contributed by atoms with Crippen molar-refractivity contribution in [1.29, 1.82) is 0 Å². The Morgan fingerprint density at radius 1 is 1.32 bits per heavy atom. The molecule has 3 rings (SSSR count). The molecule has 2 aromatic heterocycles. The highest BCUT2D eigenvalue weighted by Crippen LogP contribution is 2.23. The maximum absolute atomic E-state index is 12.1. The van der Waals surface area contributed by atoms with Gasteiger partial charge in [-0.2, -0.15) is 11.3 Å². The van der Waals surface area contributed by atoms with Gasteiger partial charge in [0.1, 0.15) is 11.4 Å². The second kappa shape index (κ2) is 6.44. The first-order valence-corrected chi connectivity index (χ1v) is 7.68. The molecule has 0 aliphatic carbocycles. The number of carbonyl (C=O) groups is 1. The Morgan fingerprint density at radius 2 is 2.14 bits per heavy atom. The molecule has 1 atom stereocenters. The van der Waals surface area contributed by atoms with Gasteiger partial charge in [0.05, 0.1) is 0 Å². The second-order valence-corrected chi connectivity index (χ2v) is 5.43. The van der Waals surface area contributed by atoms with Crippen molar-refractivity contribution >= 4 is 23.1 Å². The van der Waals surface area contributed by atoms with E-state index in [4.69, 9.17) is 9.26 Å². The predicted molar refractivity (Wildman–Crippen MR) is 85.0 cm³/mol. The minimum Gasteiger partial charge on any atom is -0.481 e. The third-order valence-electron chi connectivity index (χ3n) is 3.00. The van der Waals surface area contributed by atoms with Crippen LogP contribution >= 0.6 is 11.3 Å². The fraction of sp³-hybridized carbons (Fsp3) is 0.125. The lowest BCUT2D eigenvalue weighted by atomic mass is 10.2. The first-order chi connectivity index (χ1) is 10.7. The lowest BCUT2D eigenvalue weighted by Gasteiger charge is -2.13. The lowest BCUT2D eigenvalue weighted by Crippen LogP contribution is -2.29. The quantitative estimate of drug-likeness (QED) is 0.778. The van der Waals surface area contributed by atoms with Crippen LogP contribution in [0.5, 0.6) is 5.75 Å². The standard InChI is InChI=1S/C16H14N2O3S/c1-11(20-13-5-3-2-4-6-13)16(19)17-15-9-14(18-21-15)12-7-8-22-10-12/h2-11H,1H3,(H,17,19). The van der Waals surface area contributed by atoms with E-state index in [9.17, 15) is 4.79 Å². The Morgan fingerprint density at radius 3 is 2.86 bits per heavy atom. The van der Waals surface area contributed by atoms with Crippen LogP contribution in [-0.2, 0) is 4.79 Å². The fourth-order valence-corrected chi connectivity index (χ4v) is 2.51. The molecule has 6 heteroatoms. The molecule has 0 aliphatic rings. The molecule has 112 valence electrons. The lowest BCUT2D eigenvalue weighted by molar-refractivity contribution is -0.122. The molecule has 0 aliphatic heterocycles. The van der Waals surface area contributed by atoms with Crippen molar-refractivity contribution in [2.75, 3.05) is 5.32 Å². The van der Waals surface area contributed by atoms with Gasteiger partial charge < -0.3 is 9.26 Å². The van der Waals surface area contributed by atoms with Crippen molar-refractivity contribution in [3.8, 4) is 17.0 Å². The Bertz CT molecular complexity index is 738. The maximum Gasteiger partial charge on any atom is 0.267 e. The molecule has 0 radical (unpaired) electrons. The minimum atomic E-state index is -0.642. The molecule has 3 aromatic rings. The highest BCUT2D eigenvalue weighted by molar-refractivity contribution is 7.08. The zero-order valence-electron chi connectivity index (χ0n) is 11.9. The fourth-order valence-electron chi connectivity index (χ4n) is 1.86. The summed E-state index contributed by atoms with van der Waals surface area (Å²) in [6.07, 6.45) is -0.642. The number of aromatic nitrogens is 1. The van der Waals surface area contributed by atoms with Gasteiger partial charge in [-0.3, -0.25) is 10.1 Å². The molecular weight excluding hydrogens is 300 g/mol. The third-order valence-corrected chi connectivity index (χ3v) is 3.68. The monoisotopic (exact) mass is 314 g/mol. The summed E-state index contributed by atoms with van der Waals surface area (Å²) in [5.41, 5.74) is 1.65. The number of hydrogen-bond acceptors (Lipinski definition) is 5. The van der Waals surface area contributed by atoms with E-state index < -0.39 is 6.10 Å². The summed E-state index contributed by atoms with van der Waals surface area (Å²) >= 11 is 1.57. The molecular formula is C16H14N2O3S. The number of hydrogen-bond donors (Lipinski definition) is 1. The number of thiophene rings is 1. The van der Waals surface area contributed by atoms with Gasteiger partial charge in [-0.05, 0) is 30.5 Å². The maximum atomic E-state index is 12.1. The molecule has 2 heterocycles. The van der Waals surface area contributed by atoms with Crippen LogP contribution in [0.2, 0.25) is 0 Å². The van der Waals surface area contributed by atoms with Crippen molar-refractivity contribution < 1.29 is 14.1 Å². The van der Waals surface area contributed by atoms with Crippen LogP contribution in [-0.4, -0.2) is 17.2 Å². The molecule has 1 unspecified atom stereocenters. The topological polar surface area (TPSA) is 64.4 Å². The SMILES string of the molecule is CC(Oc1ccccc1)C(=O)Nc1cc(-c2ccsc2)no1. The second-order valence-electron chi connectivity index (χ2n) is 4.65. The van der Waals surface area contributed by atoms with E-state index in [1.165, 1.54) is 0 Å². The average molecular weight is 314 g/mol.